The molecule has 8 nitrogen and oxygen atoms in total. The molecular formula is C23H25N5O3. The van der Waals surface area contributed by atoms with Crippen molar-refractivity contribution in [1.29, 1.82) is 0 Å². The van der Waals surface area contributed by atoms with Crippen LogP contribution in [0.1, 0.15) is 22.5 Å². The Balaban J connectivity index is 1.48. The van der Waals surface area contributed by atoms with Gasteiger partial charge >= 0.3 is 0 Å². The first kappa shape index (κ1) is 20.9. The molecule has 1 fully saturated rings. The van der Waals surface area contributed by atoms with Gasteiger partial charge in [-0.2, -0.15) is 0 Å². The number of aliphatic hydroxyl groups is 2. The lowest BCUT2D eigenvalue weighted by atomic mass is 10.2. The summed E-state index contributed by atoms with van der Waals surface area (Å²) in [6.07, 6.45) is 3.31. The number of carbonyl (C=O) groups excluding carboxylic acids is 1. The van der Waals surface area contributed by atoms with Crippen molar-refractivity contribution in [3.8, 4) is 0 Å². The van der Waals surface area contributed by atoms with Crippen molar-refractivity contribution in [2.45, 2.75) is 18.9 Å². The maximum atomic E-state index is 12.6. The van der Waals surface area contributed by atoms with Gasteiger partial charge in [0.25, 0.3) is 5.91 Å². The Labute approximate surface area is 180 Å². The van der Waals surface area contributed by atoms with E-state index in [-0.39, 0.29) is 18.0 Å². The zero-order chi connectivity index (χ0) is 21.7. The van der Waals surface area contributed by atoms with Gasteiger partial charge in [-0.1, -0.05) is 36.4 Å². The van der Waals surface area contributed by atoms with E-state index in [1.165, 1.54) is 10.5 Å². The summed E-state index contributed by atoms with van der Waals surface area (Å²) >= 11 is 0. The number of pyridine rings is 2. The fourth-order valence-electron chi connectivity index (χ4n) is 3.60. The fourth-order valence-corrected chi connectivity index (χ4v) is 3.60. The molecule has 160 valence electrons. The third-order valence-corrected chi connectivity index (χ3v) is 5.27. The first-order valence-corrected chi connectivity index (χ1v) is 10.2. The van der Waals surface area contributed by atoms with E-state index in [1.54, 1.807) is 42.7 Å². The fraction of sp³-hybridized carbons (Fsp3) is 0.261. The molecule has 3 heterocycles. The van der Waals surface area contributed by atoms with E-state index in [2.05, 4.69) is 32.3 Å². The summed E-state index contributed by atoms with van der Waals surface area (Å²) in [7, 11) is 0. The van der Waals surface area contributed by atoms with E-state index in [1.807, 2.05) is 18.2 Å². The van der Waals surface area contributed by atoms with Crippen molar-refractivity contribution in [3.05, 3.63) is 84.3 Å². The van der Waals surface area contributed by atoms with Crippen molar-refractivity contribution in [2.24, 2.45) is 0 Å². The lowest BCUT2D eigenvalue weighted by molar-refractivity contribution is -0.163. The quantitative estimate of drug-likeness (QED) is 0.544. The molecule has 0 aliphatic carbocycles. The summed E-state index contributed by atoms with van der Waals surface area (Å²) < 4.78 is 0. The summed E-state index contributed by atoms with van der Waals surface area (Å²) in [5, 5.41) is 24.2. The highest BCUT2D eigenvalue weighted by Crippen LogP contribution is 2.25. The molecule has 2 aromatic heterocycles. The maximum absolute atomic E-state index is 12.6. The molecule has 0 bridgehead atoms. The number of anilines is 2. The van der Waals surface area contributed by atoms with Crippen LogP contribution in [0.15, 0.2) is 73.1 Å². The van der Waals surface area contributed by atoms with Gasteiger partial charge in [-0.15, -0.1) is 0 Å². The van der Waals surface area contributed by atoms with Crippen LogP contribution >= 0.6 is 0 Å². The number of amides is 1. The normalized spacial score (nSPS) is 16.5. The second-order valence-electron chi connectivity index (χ2n) is 7.51. The van der Waals surface area contributed by atoms with E-state index in [0.717, 1.165) is 6.54 Å². The van der Waals surface area contributed by atoms with Crippen molar-refractivity contribution < 1.29 is 15.0 Å². The van der Waals surface area contributed by atoms with Crippen molar-refractivity contribution in [1.82, 2.24) is 14.9 Å². The number of nitrogens with one attached hydrogen (secondary N) is 1. The number of nitrogens with zero attached hydrogens (tertiary/aromatic N) is 4. The molecule has 0 spiro atoms. The highest BCUT2D eigenvalue weighted by molar-refractivity contribution is 6.03. The average Bonchev–Trinajstić information content (AvgIpc) is 2.93. The molecule has 1 aliphatic heterocycles. The van der Waals surface area contributed by atoms with Crippen LogP contribution in [0.5, 0.6) is 0 Å². The molecule has 4 rings (SSSR count). The largest absolute Gasteiger partial charge is 0.349 e. The number of carbonyl (C=O) groups is 1. The second kappa shape index (κ2) is 9.22. The van der Waals surface area contributed by atoms with Crippen LogP contribution in [0.2, 0.25) is 0 Å². The molecule has 1 amide bonds. The molecule has 8 heteroatoms. The van der Waals surface area contributed by atoms with Gasteiger partial charge in [-0.25, -0.2) is 4.98 Å². The van der Waals surface area contributed by atoms with Gasteiger partial charge in [-0.3, -0.25) is 14.7 Å². The Morgan fingerprint density at radius 2 is 1.74 bits per heavy atom. The second-order valence-corrected chi connectivity index (χ2v) is 7.51. The van der Waals surface area contributed by atoms with E-state index >= 15 is 0 Å². The van der Waals surface area contributed by atoms with Crippen LogP contribution in [-0.4, -0.2) is 56.5 Å². The van der Waals surface area contributed by atoms with Gasteiger partial charge < -0.3 is 20.4 Å². The minimum absolute atomic E-state index is 0.134. The van der Waals surface area contributed by atoms with E-state index < -0.39 is 5.91 Å². The number of benzene rings is 1. The van der Waals surface area contributed by atoms with Crippen LogP contribution < -0.4 is 10.2 Å². The molecule has 3 N–H and O–H groups in total. The van der Waals surface area contributed by atoms with E-state index in [4.69, 9.17) is 0 Å². The molecule has 1 aliphatic rings. The van der Waals surface area contributed by atoms with Crippen molar-refractivity contribution in [2.75, 3.05) is 29.9 Å². The van der Waals surface area contributed by atoms with Crippen LogP contribution in [0.25, 0.3) is 0 Å². The average molecular weight is 419 g/mol. The number of hydrogen-bond acceptors (Lipinski definition) is 7. The third-order valence-electron chi connectivity index (χ3n) is 5.27. The third kappa shape index (κ3) is 5.24. The van der Waals surface area contributed by atoms with Gasteiger partial charge in [0.05, 0.1) is 0 Å². The molecule has 31 heavy (non-hydrogen) atoms. The zero-order valence-electron chi connectivity index (χ0n) is 17.1. The summed E-state index contributed by atoms with van der Waals surface area (Å²) in [5.41, 5.74) is 1.97. The monoisotopic (exact) mass is 419 g/mol. The lowest BCUT2D eigenvalue weighted by Gasteiger charge is -2.34. The van der Waals surface area contributed by atoms with Crippen LogP contribution in [-0.2, 0) is 6.54 Å². The van der Waals surface area contributed by atoms with Gasteiger partial charge in [0.15, 0.2) is 0 Å². The number of rotatable bonds is 5. The predicted octanol–water partition coefficient (Wildman–Crippen LogP) is 2.08. The zero-order valence-corrected chi connectivity index (χ0v) is 17.1. The molecule has 3 aromatic rings. The van der Waals surface area contributed by atoms with Gasteiger partial charge in [0.1, 0.15) is 11.5 Å². The SMILES string of the molecule is O=C(Nc1ccncc1)c1cccc(N2CCN(Cc3ccccc3)CCC2(O)O)n1. The first-order chi connectivity index (χ1) is 15.0. The van der Waals surface area contributed by atoms with Crippen molar-refractivity contribution >= 4 is 17.4 Å². The van der Waals surface area contributed by atoms with Gasteiger partial charge in [0, 0.05) is 50.7 Å². The van der Waals surface area contributed by atoms with Crippen LogP contribution in [0.3, 0.4) is 0 Å². The summed E-state index contributed by atoms with van der Waals surface area (Å²) in [6.45, 7) is 2.25. The Morgan fingerprint density at radius 1 is 0.968 bits per heavy atom. The van der Waals surface area contributed by atoms with E-state index in [0.29, 0.717) is 31.1 Å². The van der Waals surface area contributed by atoms with Crippen LogP contribution in [0.4, 0.5) is 11.5 Å². The number of hydrogen-bond donors (Lipinski definition) is 3. The highest BCUT2D eigenvalue weighted by Gasteiger charge is 2.36. The first-order valence-electron chi connectivity index (χ1n) is 10.2. The minimum Gasteiger partial charge on any atom is -0.349 e. The standard InChI is InChI=1S/C23H25N5O3/c29-22(25-19-9-12-24-13-10-19)20-7-4-8-21(26-20)28-16-15-27(14-11-23(28,30)31)17-18-5-2-1-3-6-18/h1-10,12-13,30-31H,11,14-17H2,(H,24,25,29). The molecule has 1 aromatic carbocycles. The maximum Gasteiger partial charge on any atom is 0.274 e. The molecule has 0 unspecified atom stereocenters. The number of aromatic nitrogens is 2. The molecule has 0 saturated carbocycles. The Hall–Kier alpha value is -3.33. The van der Waals surface area contributed by atoms with Crippen LogP contribution in [0, 0.1) is 0 Å². The van der Waals surface area contributed by atoms with Gasteiger partial charge in [0.2, 0.25) is 5.91 Å². The lowest BCUT2D eigenvalue weighted by Crippen LogP contribution is -2.49. The van der Waals surface area contributed by atoms with Crippen molar-refractivity contribution in [3.63, 3.8) is 0 Å². The summed E-state index contributed by atoms with van der Waals surface area (Å²) in [5.74, 6) is -2.09. The summed E-state index contributed by atoms with van der Waals surface area (Å²) in [4.78, 5) is 24.5. The molecule has 1 saturated heterocycles. The predicted molar refractivity (Wildman–Crippen MR) is 117 cm³/mol. The Kier molecular flexibility index (Phi) is 6.22. The Morgan fingerprint density at radius 3 is 2.52 bits per heavy atom. The molecule has 0 radical (unpaired) electrons. The summed E-state index contributed by atoms with van der Waals surface area (Å²) in [6, 6.07) is 18.4. The Bertz CT molecular complexity index is 1010. The topological polar surface area (TPSA) is 102 Å². The highest BCUT2D eigenvalue weighted by atomic mass is 16.5. The van der Waals surface area contributed by atoms with Gasteiger partial charge in [-0.05, 0) is 29.8 Å². The van der Waals surface area contributed by atoms with E-state index in [9.17, 15) is 15.0 Å². The molecular weight excluding hydrogens is 394 g/mol. The molecule has 0 atom stereocenters. The smallest absolute Gasteiger partial charge is 0.274 e. The minimum atomic E-state index is -2.06.